The normalized spacial score (nSPS) is 11.6. The van der Waals surface area contributed by atoms with Crippen molar-refractivity contribution >= 4 is 11.9 Å². The van der Waals surface area contributed by atoms with Crippen molar-refractivity contribution in [1.29, 1.82) is 0 Å². The molecule has 0 amide bonds. The van der Waals surface area contributed by atoms with Crippen molar-refractivity contribution in [2.45, 2.75) is 12.2 Å². The molecular weight excluding hydrogens is 705 g/mol. The van der Waals surface area contributed by atoms with Crippen molar-refractivity contribution in [1.82, 2.24) is 0 Å². The van der Waals surface area contributed by atoms with E-state index in [9.17, 15) is 9.59 Å². The highest BCUT2D eigenvalue weighted by molar-refractivity contribution is 5.81. The molecule has 0 radical (unpaired) electrons. The van der Waals surface area contributed by atoms with Gasteiger partial charge in [-0.2, -0.15) is 0 Å². The maximum atomic E-state index is 12.1. The smallest absolute Gasteiger partial charge is 0.330 e. The van der Waals surface area contributed by atoms with Gasteiger partial charge in [0, 0.05) is 12.2 Å². The average Bonchev–Trinajstić information content (AvgIpc) is 3.26. The molecule has 8 heteroatoms. The van der Waals surface area contributed by atoms with Crippen LogP contribution in [-0.4, -0.2) is 50.6 Å². The van der Waals surface area contributed by atoms with Gasteiger partial charge in [0.15, 0.2) is 12.2 Å². The Hall–Kier alpha value is -7.06. The average molecular weight is 747 g/mol. The first kappa shape index (κ1) is 38.7. The molecule has 0 aliphatic rings. The van der Waals surface area contributed by atoms with Crippen molar-refractivity contribution in [3.05, 3.63) is 183 Å². The van der Waals surface area contributed by atoms with E-state index >= 15 is 0 Å². The summed E-state index contributed by atoms with van der Waals surface area (Å²) in [7, 11) is 0. The second kappa shape index (κ2) is 19.9. The van der Waals surface area contributed by atoms with Crippen LogP contribution in [0.4, 0.5) is 0 Å². The van der Waals surface area contributed by atoms with Crippen molar-refractivity contribution in [3.8, 4) is 56.4 Å². The molecule has 0 bridgehead atoms. The molecule has 2 atom stereocenters. The van der Waals surface area contributed by atoms with Gasteiger partial charge in [0.1, 0.15) is 49.4 Å². The van der Waals surface area contributed by atoms with Gasteiger partial charge in [-0.05, 0) is 81.9 Å². The van der Waals surface area contributed by atoms with Gasteiger partial charge in [-0.1, -0.05) is 122 Å². The van der Waals surface area contributed by atoms with Crippen LogP contribution in [0.3, 0.4) is 0 Å². The zero-order valence-electron chi connectivity index (χ0n) is 30.8. The molecule has 0 N–H and O–H groups in total. The summed E-state index contributed by atoms with van der Waals surface area (Å²) in [4.78, 5) is 24.2. The Morgan fingerprint density at radius 2 is 0.714 bits per heavy atom. The van der Waals surface area contributed by atoms with Crippen LogP contribution in [0.25, 0.3) is 33.4 Å². The molecule has 0 spiro atoms. The summed E-state index contributed by atoms with van der Waals surface area (Å²) in [5.74, 6) is 1.39. The Morgan fingerprint density at radius 3 is 1.07 bits per heavy atom. The molecule has 0 aliphatic carbocycles. The SMILES string of the molecule is C=CC(=O)OC(COc1ccc(-c2ccc(OCC(COc3cccc(-c4ccccc4)c3)OC(=O)C=C)cc2)cc1)COc1cccc(-c2ccccc2)c1. The van der Waals surface area contributed by atoms with Crippen LogP contribution in [0.5, 0.6) is 23.0 Å². The Morgan fingerprint density at radius 1 is 0.393 bits per heavy atom. The van der Waals surface area contributed by atoms with Gasteiger partial charge < -0.3 is 28.4 Å². The number of carbonyl (C=O) groups excluding carboxylic acids is 2. The molecule has 56 heavy (non-hydrogen) atoms. The fraction of sp³-hybridized carbons (Fsp3) is 0.125. The first-order valence-electron chi connectivity index (χ1n) is 18.1. The highest BCUT2D eigenvalue weighted by atomic mass is 16.6. The molecule has 6 aromatic rings. The van der Waals surface area contributed by atoms with Crippen molar-refractivity contribution in [2.24, 2.45) is 0 Å². The second-order valence-corrected chi connectivity index (χ2v) is 12.6. The molecule has 0 heterocycles. The van der Waals surface area contributed by atoms with Crippen molar-refractivity contribution in [2.75, 3.05) is 26.4 Å². The lowest BCUT2D eigenvalue weighted by molar-refractivity contribution is -0.147. The number of hydrogen-bond acceptors (Lipinski definition) is 8. The van der Waals surface area contributed by atoms with Crippen LogP contribution < -0.4 is 18.9 Å². The van der Waals surface area contributed by atoms with Crippen LogP contribution in [0.2, 0.25) is 0 Å². The lowest BCUT2D eigenvalue weighted by Crippen LogP contribution is -2.30. The first-order chi connectivity index (χ1) is 27.4. The summed E-state index contributed by atoms with van der Waals surface area (Å²) in [6, 6.07) is 50.7. The van der Waals surface area contributed by atoms with E-state index in [1.54, 1.807) is 0 Å². The maximum absolute atomic E-state index is 12.1. The van der Waals surface area contributed by atoms with Gasteiger partial charge in [0.05, 0.1) is 0 Å². The van der Waals surface area contributed by atoms with Crippen LogP contribution in [-0.2, 0) is 19.1 Å². The molecule has 6 aromatic carbocycles. The maximum Gasteiger partial charge on any atom is 0.330 e. The summed E-state index contributed by atoms with van der Waals surface area (Å²) < 4.78 is 35.1. The number of hydrogen-bond donors (Lipinski definition) is 0. The molecule has 2 unspecified atom stereocenters. The van der Waals surface area contributed by atoms with E-state index in [1.807, 2.05) is 158 Å². The standard InChI is InChI=1S/C48H42O8/c1-3-47(49)55-45(33-53-43-19-11-17-39(29-43)35-13-7-5-8-14-35)31-51-41-25-21-37(22-26-41)38-23-27-42(28-24-38)52-32-46(56-48(50)4-2)34-54-44-20-12-18-40(30-44)36-15-9-6-10-16-36/h3-30,45-46H,1-2,31-34H2. The summed E-state index contributed by atoms with van der Waals surface area (Å²) in [5, 5.41) is 0. The van der Waals surface area contributed by atoms with Crippen LogP contribution in [0.15, 0.2) is 183 Å². The molecule has 6 rings (SSSR count). The minimum absolute atomic E-state index is 0.0809. The van der Waals surface area contributed by atoms with E-state index in [-0.39, 0.29) is 26.4 Å². The van der Waals surface area contributed by atoms with Crippen molar-refractivity contribution < 1.29 is 38.0 Å². The Kier molecular flexibility index (Phi) is 13.7. The van der Waals surface area contributed by atoms with E-state index in [0.717, 1.165) is 45.5 Å². The summed E-state index contributed by atoms with van der Waals surface area (Å²) >= 11 is 0. The molecular formula is C48H42O8. The molecule has 0 aliphatic heterocycles. The van der Waals surface area contributed by atoms with Crippen molar-refractivity contribution in [3.63, 3.8) is 0 Å². The van der Waals surface area contributed by atoms with Gasteiger partial charge in [-0.3, -0.25) is 0 Å². The molecule has 8 nitrogen and oxygen atoms in total. The predicted octanol–water partition coefficient (Wildman–Crippen LogP) is 9.80. The first-order valence-corrected chi connectivity index (χ1v) is 18.1. The van der Waals surface area contributed by atoms with E-state index < -0.39 is 24.1 Å². The highest BCUT2D eigenvalue weighted by Crippen LogP contribution is 2.27. The Bertz CT molecular complexity index is 2020. The third-order valence-corrected chi connectivity index (χ3v) is 8.57. The number of ether oxygens (including phenoxy) is 6. The molecule has 0 saturated carbocycles. The third-order valence-electron chi connectivity index (χ3n) is 8.57. The van der Waals surface area contributed by atoms with E-state index in [0.29, 0.717) is 23.0 Å². The van der Waals surface area contributed by atoms with E-state index in [1.165, 1.54) is 0 Å². The summed E-state index contributed by atoms with van der Waals surface area (Å²) in [6.07, 6.45) is 0.883. The van der Waals surface area contributed by atoms with Gasteiger partial charge in [0.2, 0.25) is 0 Å². The molecule has 0 aromatic heterocycles. The quantitative estimate of drug-likeness (QED) is 0.0598. The minimum Gasteiger partial charge on any atom is -0.490 e. The highest BCUT2D eigenvalue weighted by Gasteiger charge is 2.17. The Labute approximate surface area is 327 Å². The van der Waals surface area contributed by atoms with Gasteiger partial charge in [-0.25, -0.2) is 9.59 Å². The number of esters is 2. The second-order valence-electron chi connectivity index (χ2n) is 12.6. The molecule has 0 fully saturated rings. The summed E-state index contributed by atoms with van der Waals surface area (Å²) in [6.45, 7) is 7.37. The van der Waals surface area contributed by atoms with Crippen LogP contribution >= 0.6 is 0 Å². The third kappa shape index (κ3) is 11.5. The minimum atomic E-state index is -0.676. The summed E-state index contributed by atoms with van der Waals surface area (Å²) in [5.41, 5.74) is 6.11. The number of rotatable bonds is 19. The largest absolute Gasteiger partial charge is 0.490 e. The van der Waals surface area contributed by atoms with Gasteiger partial charge in [0.25, 0.3) is 0 Å². The van der Waals surface area contributed by atoms with Crippen LogP contribution in [0.1, 0.15) is 0 Å². The lowest BCUT2D eigenvalue weighted by Gasteiger charge is -2.19. The zero-order valence-corrected chi connectivity index (χ0v) is 30.8. The number of carbonyl (C=O) groups is 2. The fourth-order valence-electron chi connectivity index (χ4n) is 5.69. The number of benzene rings is 6. The topological polar surface area (TPSA) is 89.5 Å². The Balaban J connectivity index is 1.01. The van der Waals surface area contributed by atoms with E-state index in [4.69, 9.17) is 28.4 Å². The van der Waals surface area contributed by atoms with Gasteiger partial charge >= 0.3 is 11.9 Å². The zero-order chi connectivity index (χ0) is 39.0. The monoisotopic (exact) mass is 746 g/mol. The fourth-order valence-corrected chi connectivity index (χ4v) is 5.69. The lowest BCUT2D eigenvalue weighted by atomic mass is 10.1. The predicted molar refractivity (Wildman–Crippen MR) is 218 cm³/mol. The molecule has 282 valence electrons. The molecule has 0 saturated heterocycles. The van der Waals surface area contributed by atoms with Gasteiger partial charge in [-0.15, -0.1) is 0 Å². The van der Waals surface area contributed by atoms with Crippen LogP contribution in [0, 0.1) is 0 Å². The van der Waals surface area contributed by atoms with E-state index in [2.05, 4.69) is 13.2 Å².